The van der Waals surface area contributed by atoms with Gasteiger partial charge < -0.3 is 14.2 Å². The molecule has 0 bridgehead atoms. The summed E-state index contributed by atoms with van der Waals surface area (Å²) in [5, 5.41) is 0. The standard InChI is InChI=1S/C56H62O5/c1-3-5-7-9-11-17-39-60-49-35-31-47(32-36-49)55(57)53-21-15-13-19-51(53)45-27-23-43(24-28-45)41-59-42-44-25-29-46(30-26-44)52-20-14-16-22-54(52)56(58)48-33-37-50(38-34-48)61-40-18-12-10-8-6-4-2/h13-16,19-38H,3-12,17-18,39-42H2,1-2H3. The molecule has 0 saturated heterocycles. The van der Waals surface area contributed by atoms with Gasteiger partial charge in [0.1, 0.15) is 11.5 Å². The molecule has 0 saturated carbocycles. The summed E-state index contributed by atoms with van der Waals surface area (Å²) in [6, 6.07) is 47.0. The summed E-state index contributed by atoms with van der Waals surface area (Å²) in [7, 11) is 0. The highest BCUT2D eigenvalue weighted by atomic mass is 16.5. The molecule has 0 aromatic heterocycles. The lowest BCUT2D eigenvalue weighted by atomic mass is 9.93. The van der Waals surface area contributed by atoms with Gasteiger partial charge in [-0.25, -0.2) is 0 Å². The van der Waals surface area contributed by atoms with E-state index in [1.165, 1.54) is 64.2 Å². The second-order valence-corrected chi connectivity index (χ2v) is 15.9. The van der Waals surface area contributed by atoms with Crippen LogP contribution in [0.2, 0.25) is 0 Å². The Balaban J connectivity index is 0.983. The summed E-state index contributed by atoms with van der Waals surface area (Å²) in [4.78, 5) is 27.4. The molecular formula is C56H62O5. The van der Waals surface area contributed by atoms with Crippen molar-refractivity contribution in [2.75, 3.05) is 13.2 Å². The maximum Gasteiger partial charge on any atom is 0.193 e. The van der Waals surface area contributed by atoms with Crippen LogP contribution >= 0.6 is 0 Å². The summed E-state index contributed by atoms with van der Waals surface area (Å²) in [6.07, 6.45) is 14.7. The van der Waals surface area contributed by atoms with Crippen molar-refractivity contribution in [3.05, 3.63) is 179 Å². The molecule has 0 atom stereocenters. The van der Waals surface area contributed by atoms with Crippen LogP contribution in [0.5, 0.6) is 11.5 Å². The number of hydrogen-bond donors (Lipinski definition) is 0. The highest BCUT2D eigenvalue weighted by Gasteiger charge is 2.17. The Morgan fingerprint density at radius 2 is 0.754 bits per heavy atom. The molecule has 6 rings (SSSR count). The molecule has 0 N–H and O–H groups in total. The molecule has 0 aliphatic heterocycles. The van der Waals surface area contributed by atoms with Crippen LogP contribution in [0.25, 0.3) is 22.3 Å². The van der Waals surface area contributed by atoms with Crippen LogP contribution < -0.4 is 9.47 Å². The summed E-state index contributed by atoms with van der Waals surface area (Å²) in [5.41, 5.74) is 8.46. The van der Waals surface area contributed by atoms with Gasteiger partial charge in [0, 0.05) is 22.3 Å². The molecular weight excluding hydrogens is 753 g/mol. The maximum atomic E-state index is 13.7. The quantitative estimate of drug-likeness (QED) is 0.0403. The monoisotopic (exact) mass is 814 g/mol. The molecule has 316 valence electrons. The van der Waals surface area contributed by atoms with E-state index in [4.69, 9.17) is 14.2 Å². The van der Waals surface area contributed by atoms with Crippen molar-refractivity contribution in [3.8, 4) is 33.8 Å². The van der Waals surface area contributed by atoms with E-state index in [0.29, 0.717) is 48.7 Å². The lowest BCUT2D eigenvalue weighted by Crippen LogP contribution is -2.04. The van der Waals surface area contributed by atoms with Crippen molar-refractivity contribution < 1.29 is 23.8 Å². The molecule has 5 nitrogen and oxygen atoms in total. The van der Waals surface area contributed by atoms with Gasteiger partial charge in [0.15, 0.2) is 11.6 Å². The number of carbonyl (C=O) groups is 2. The fraction of sp³-hybridized carbons (Fsp3) is 0.321. The average Bonchev–Trinajstić information content (AvgIpc) is 3.31. The molecule has 0 unspecified atom stereocenters. The Morgan fingerprint density at radius 3 is 1.15 bits per heavy atom. The van der Waals surface area contributed by atoms with Crippen molar-refractivity contribution in [1.29, 1.82) is 0 Å². The van der Waals surface area contributed by atoms with Crippen molar-refractivity contribution >= 4 is 11.6 Å². The summed E-state index contributed by atoms with van der Waals surface area (Å²) < 4.78 is 18.0. The van der Waals surface area contributed by atoms with Crippen LogP contribution in [-0.2, 0) is 18.0 Å². The molecule has 6 aromatic carbocycles. The van der Waals surface area contributed by atoms with Gasteiger partial charge in [0.2, 0.25) is 0 Å². The third-order valence-corrected chi connectivity index (χ3v) is 11.2. The van der Waals surface area contributed by atoms with Crippen molar-refractivity contribution in [2.45, 2.75) is 104 Å². The van der Waals surface area contributed by atoms with E-state index in [1.807, 2.05) is 97.1 Å². The second-order valence-electron chi connectivity index (χ2n) is 15.9. The van der Waals surface area contributed by atoms with Crippen LogP contribution in [0, 0.1) is 0 Å². The number of unbranched alkanes of at least 4 members (excludes halogenated alkanes) is 10. The largest absolute Gasteiger partial charge is 0.494 e. The zero-order valence-corrected chi connectivity index (χ0v) is 36.2. The Bertz CT molecular complexity index is 2060. The molecule has 0 heterocycles. The molecule has 6 aromatic rings. The Labute approximate surface area is 364 Å². The first-order chi connectivity index (χ1) is 30.0. The van der Waals surface area contributed by atoms with Gasteiger partial charge in [0.25, 0.3) is 0 Å². The number of rotatable bonds is 26. The molecule has 0 amide bonds. The Morgan fingerprint density at radius 1 is 0.393 bits per heavy atom. The summed E-state index contributed by atoms with van der Waals surface area (Å²) in [6.45, 7) is 6.77. The van der Waals surface area contributed by atoms with Crippen LogP contribution in [0.1, 0.15) is 134 Å². The molecule has 0 aliphatic rings. The molecule has 61 heavy (non-hydrogen) atoms. The minimum absolute atomic E-state index is 0.0130. The minimum Gasteiger partial charge on any atom is -0.494 e. The summed E-state index contributed by atoms with van der Waals surface area (Å²) >= 11 is 0. The highest BCUT2D eigenvalue weighted by Crippen LogP contribution is 2.29. The Hall–Kier alpha value is -5.78. The predicted molar refractivity (Wildman–Crippen MR) is 250 cm³/mol. The van der Waals surface area contributed by atoms with Crippen LogP contribution in [0.15, 0.2) is 146 Å². The fourth-order valence-electron chi connectivity index (χ4n) is 7.57. The van der Waals surface area contributed by atoms with Gasteiger partial charge in [-0.05, 0) is 94.8 Å². The van der Waals surface area contributed by atoms with Crippen LogP contribution in [0.4, 0.5) is 0 Å². The Kier molecular flexibility index (Phi) is 18.0. The maximum absolute atomic E-state index is 13.7. The van der Waals surface area contributed by atoms with E-state index >= 15 is 0 Å². The van der Waals surface area contributed by atoms with Crippen molar-refractivity contribution in [3.63, 3.8) is 0 Å². The first-order valence-electron chi connectivity index (χ1n) is 22.5. The van der Waals surface area contributed by atoms with E-state index in [9.17, 15) is 9.59 Å². The highest BCUT2D eigenvalue weighted by molar-refractivity contribution is 6.13. The molecule has 5 heteroatoms. The van der Waals surface area contributed by atoms with Gasteiger partial charge in [-0.3, -0.25) is 9.59 Å². The first kappa shape index (κ1) is 44.8. The van der Waals surface area contributed by atoms with E-state index in [0.717, 1.165) is 57.7 Å². The zero-order chi connectivity index (χ0) is 42.5. The third-order valence-electron chi connectivity index (χ3n) is 11.2. The van der Waals surface area contributed by atoms with E-state index in [1.54, 1.807) is 0 Å². The van der Waals surface area contributed by atoms with E-state index < -0.39 is 0 Å². The second kappa shape index (κ2) is 24.5. The zero-order valence-electron chi connectivity index (χ0n) is 36.2. The van der Waals surface area contributed by atoms with Gasteiger partial charge in [-0.1, -0.05) is 175 Å². The van der Waals surface area contributed by atoms with Gasteiger partial charge in [0.05, 0.1) is 26.4 Å². The molecule has 0 spiro atoms. The van der Waals surface area contributed by atoms with E-state index in [-0.39, 0.29) is 11.6 Å². The number of ketones is 2. The fourth-order valence-corrected chi connectivity index (χ4v) is 7.57. The van der Waals surface area contributed by atoms with Crippen LogP contribution in [-0.4, -0.2) is 24.8 Å². The minimum atomic E-state index is -0.0130. The molecule has 0 aliphatic carbocycles. The first-order valence-corrected chi connectivity index (χ1v) is 22.5. The van der Waals surface area contributed by atoms with Crippen molar-refractivity contribution in [2.24, 2.45) is 0 Å². The number of hydrogen-bond acceptors (Lipinski definition) is 5. The SMILES string of the molecule is CCCCCCCCOc1ccc(C(=O)c2ccccc2-c2ccc(COCc3ccc(-c4ccccc4C(=O)c4ccc(OCCCCCCCC)cc4)cc3)cc2)cc1. The molecule has 0 fully saturated rings. The van der Waals surface area contributed by atoms with Gasteiger partial charge >= 0.3 is 0 Å². The predicted octanol–water partition coefficient (Wildman–Crippen LogP) is 14.7. The number of carbonyl (C=O) groups excluding carboxylic acids is 2. The number of benzene rings is 6. The van der Waals surface area contributed by atoms with Gasteiger partial charge in [-0.15, -0.1) is 0 Å². The van der Waals surface area contributed by atoms with E-state index in [2.05, 4.69) is 62.4 Å². The number of ether oxygens (including phenoxy) is 3. The lowest BCUT2D eigenvalue weighted by molar-refractivity contribution is 0.103. The molecule has 0 radical (unpaired) electrons. The van der Waals surface area contributed by atoms with Crippen LogP contribution in [0.3, 0.4) is 0 Å². The van der Waals surface area contributed by atoms with Gasteiger partial charge in [-0.2, -0.15) is 0 Å². The normalized spacial score (nSPS) is 11.0. The smallest absolute Gasteiger partial charge is 0.193 e. The van der Waals surface area contributed by atoms with Crippen molar-refractivity contribution in [1.82, 2.24) is 0 Å². The average molecular weight is 815 g/mol. The summed E-state index contributed by atoms with van der Waals surface area (Å²) in [5.74, 6) is 1.57. The third kappa shape index (κ3) is 13.6. The topological polar surface area (TPSA) is 61.8 Å². The lowest BCUT2D eigenvalue weighted by Gasteiger charge is -2.12.